The van der Waals surface area contributed by atoms with Gasteiger partial charge in [0.2, 0.25) is 5.95 Å². The molecule has 1 aliphatic heterocycles. The van der Waals surface area contributed by atoms with E-state index < -0.39 is 0 Å². The molecule has 1 N–H and O–H groups in total. The summed E-state index contributed by atoms with van der Waals surface area (Å²) in [5.41, 5.74) is 1.03. The summed E-state index contributed by atoms with van der Waals surface area (Å²) in [5, 5.41) is 3.63. The second kappa shape index (κ2) is 7.28. The van der Waals surface area contributed by atoms with Gasteiger partial charge in [-0.1, -0.05) is 23.7 Å². The molecule has 7 heteroatoms. The van der Waals surface area contributed by atoms with Gasteiger partial charge < -0.3 is 15.1 Å². The van der Waals surface area contributed by atoms with Crippen molar-refractivity contribution in [2.24, 2.45) is 0 Å². The molecule has 2 aromatic rings. The number of urea groups is 1. The number of piperazine rings is 1. The van der Waals surface area contributed by atoms with Crippen LogP contribution in [-0.4, -0.2) is 47.1 Å². The number of carbonyl (C=O) groups excluding carboxylic acids is 1. The van der Waals surface area contributed by atoms with Crippen LogP contribution in [0.2, 0.25) is 5.02 Å². The third kappa shape index (κ3) is 4.10. The monoisotopic (exact) mass is 331 g/mol. The van der Waals surface area contributed by atoms with Crippen molar-refractivity contribution in [1.82, 2.24) is 20.2 Å². The van der Waals surface area contributed by atoms with Crippen LogP contribution in [0.5, 0.6) is 0 Å². The minimum absolute atomic E-state index is 0.0476. The van der Waals surface area contributed by atoms with E-state index in [-0.39, 0.29) is 6.03 Å². The summed E-state index contributed by atoms with van der Waals surface area (Å²) in [7, 11) is 0. The maximum absolute atomic E-state index is 12.2. The quantitative estimate of drug-likeness (QED) is 0.936. The highest BCUT2D eigenvalue weighted by molar-refractivity contribution is 6.30. The zero-order chi connectivity index (χ0) is 16.1. The van der Waals surface area contributed by atoms with E-state index in [1.807, 2.05) is 29.2 Å². The summed E-state index contributed by atoms with van der Waals surface area (Å²) < 4.78 is 0. The highest BCUT2D eigenvalue weighted by Gasteiger charge is 2.22. The van der Waals surface area contributed by atoms with Crippen molar-refractivity contribution in [3.63, 3.8) is 0 Å². The summed E-state index contributed by atoms with van der Waals surface area (Å²) in [6, 6.07) is 9.21. The molecule has 23 heavy (non-hydrogen) atoms. The lowest BCUT2D eigenvalue weighted by Gasteiger charge is -2.34. The lowest BCUT2D eigenvalue weighted by Crippen LogP contribution is -2.52. The Hall–Kier alpha value is -2.34. The molecular formula is C16H18ClN5O. The average Bonchev–Trinajstić information content (AvgIpc) is 2.62. The molecule has 1 aliphatic rings. The van der Waals surface area contributed by atoms with Gasteiger partial charge in [0.05, 0.1) is 0 Å². The molecular weight excluding hydrogens is 314 g/mol. The van der Waals surface area contributed by atoms with Crippen LogP contribution in [0.1, 0.15) is 5.56 Å². The fourth-order valence-corrected chi connectivity index (χ4v) is 2.58. The van der Waals surface area contributed by atoms with Gasteiger partial charge in [-0.05, 0) is 23.8 Å². The van der Waals surface area contributed by atoms with Gasteiger partial charge in [-0.2, -0.15) is 0 Å². The Morgan fingerprint density at radius 2 is 1.74 bits per heavy atom. The van der Waals surface area contributed by atoms with Crippen LogP contribution < -0.4 is 10.2 Å². The van der Waals surface area contributed by atoms with Crippen molar-refractivity contribution in [1.29, 1.82) is 0 Å². The topological polar surface area (TPSA) is 61.4 Å². The third-order valence-corrected chi connectivity index (χ3v) is 4.01. The minimum atomic E-state index is -0.0476. The normalized spacial score (nSPS) is 14.7. The molecule has 2 amide bonds. The van der Waals surface area contributed by atoms with Gasteiger partial charge in [0.15, 0.2) is 0 Å². The first-order chi connectivity index (χ1) is 11.2. The van der Waals surface area contributed by atoms with Crippen LogP contribution in [0, 0.1) is 0 Å². The van der Waals surface area contributed by atoms with Crippen molar-refractivity contribution in [2.75, 3.05) is 31.1 Å². The molecule has 2 heterocycles. The number of amides is 2. The van der Waals surface area contributed by atoms with Crippen molar-refractivity contribution in [3.8, 4) is 0 Å². The first-order valence-electron chi connectivity index (χ1n) is 7.51. The SMILES string of the molecule is O=C(NCc1ccc(Cl)cc1)N1CCN(c2ncccn2)CC1. The van der Waals surface area contributed by atoms with Crippen LogP contribution in [-0.2, 0) is 6.54 Å². The van der Waals surface area contributed by atoms with Crippen LogP contribution in [0.4, 0.5) is 10.7 Å². The van der Waals surface area contributed by atoms with Crippen molar-refractivity contribution in [3.05, 3.63) is 53.3 Å². The molecule has 1 saturated heterocycles. The number of nitrogens with zero attached hydrogens (tertiary/aromatic N) is 4. The predicted octanol–water partition coefficient (Wildman–Crippen LogP) is 2.16. The number of carbonyl (C=O) groups is 1. The van der Waals surface area contributed by atoms with Crippen molar-refractivity contribution in [2.45, 2.75) is 6.54 Å². The molecule has 1 aromatic carbocycles. The molecule has 1 aromatic heterocycles. The second-order valence-electron chi connectivity index (χ2n) is 5.31. The molecule has 0 spiro atoms. The van der Waals surface area contributed by atoms with Gasteiger partial charge in [0, 0.05) is 50.1 Å². The minimum Gasteiger partial charge on any atom is -0.337 e. The lowest BCUT2D eigenvalue weighted by molar-refractivity contribution is 0.193. The Labute approximate surface area is 140 Å². The van der Waals surface area contributed by atoms with Crippen LogP contribution in [0.3, 0.4) is 0 Å². The van der Waals surface area contributed by atoms with Crippen LogP contribution in [0.25, 0.3) is 0 Å². The van der Waals surface area contributed by atoms with E-state index in [0.717, 1.165) is 18.7 Å². The maximum Gasteiger partial charge on any atom is 0.317 e. The van der Waals surface area contributed by atoms with Gasteiger partial charge in [-0.25, -0.2) is 14.8 Å². The molecule has 0 bridgehead atoms. The van der Waals surface area contributed by atoms with Crippen LogP contribution in [0.15, 0.2) is 42.7 Å². The van der Waals surface area contributed by atoms with Gasteiger partial charge >= 0.3 is 6.03 Å². The number of halogens is 1. The highest BCUT2D eigenvalue weighted by atomic mass is 35.5. The first kappa shape index (κ1) is 15.6. The van der Waals surface area contributed by atoms with E-state index in [1.54, 1.807) is 18.5 Å². The molecule has 6 nitrogen and oxygen atoms in total. The summed E-state index contributed by atoms with van der Waals surface area (Å²) in [6.45, 7) is 3.28. The molecule has 120 valence electrons. The fourth-order valence-electron chi connectivity index (χ4n) is 2.46. The largest absolute Gasteiger partial charge is 0.337 e. The Bertz CT molecular complexity index is 641. The summed E-state index contributed by atoms with van der Waals surface area (Å²) >= 11 is 5.85. The number of rotatable bonds is 3. The van der Waals surface area contributed by atoms with Crippen LogP contribution >= 0.6 is 11.6 Å². The zero-order valence-electron chi connectivity index (χ0n) is 12.7. The number of aromatic nitrogens is 2. The molecule has 1 fully saturated rings. The maximum atomic E-state index is 12.2. The number of hydrogen-bond acceptors (Lipinski definition) is 4. The second-order valence-corrected chi connectivity index (χ2v) is 5.74. The Morgan fingerprint density at radius 1 is 1.09 bits per heavy atom. The smallest absolute Gasteiger partial charge is 0.317 e. The summed E-state index contributed by atoms with van der Waals surface area (Å²) in [4.78, 5) is 24.6. The van der Waals surface area contributed by atoms with Gasteiger partial charge in [0.25, 0.3) is 0 Å². The van der Waals surface area contributed by atoms with E-state index in [4.69, 9.17) is 11.6 Å². The van der Waals surface area contributed by atoms with Gasteiger partial charge in [0.1, 0.15) is 0 Å². The third-order valence-electron chi connectivity index (χ3n) is 3.76. The molecule has 0 unspecified atom stereocenters. The highest BCUT2D eigenvalue weighted by Crippen LogP contribution is 2.11. The van der Waals surface area contributed by atoms with Crippen molar-refractivity contribution >= 4 is 23.6 Å². The fraction of sp³-hybridized carbons (Fsp3) is 0.312. The van der Waals surface area contributed by atoms with Crippen molar-refractivity contribution < 1.29 is 4.79 Å². The number of benzene rings is 1. The Morgan fingerprint density at radius 3 is 2.39 bits per heavy atom. The lowest BCUT2D eigenvalue weighted by atomic mass is 10.2. The molecule has 0 aliphatic carbocycles. The standard InChI is InChI=1S/C16H18ClN5O/c17-14-4-2-13(3-5-14)12-20-16(23)22-10-8-21(9-11-22)15-18-6-1-7-19-15/h1-7H,8-12H2,(H,20,23). The number of hydrogen-bond donors (Lipinski definition) is 1. The van der Waals surface area contributed by atoms with Gasteiger partial charge in [-0.15, -0.1) is 0 Å². The van der Waals surface area contributed by atoms with E-state index in [0.29, 0.717) is 30.6 Å². The van der Waals surface area contributed by atoms with E-state index in [2.05, 4.69) is 20.2 Å². The number of anilines is 1. The molecule has 0 atom stereocenters. The molecule has 0 radical (unpaired) electrons. The summed E-state index contributed by atoms with van der Waals surface area (Å²) in [5.74, 6) is 0.716. The molecule has 0 saturated carbocycles. The van der Waals surface area contributed by atoms with Gasteiger partial charge in [-0.3, -0.25) is 0 Å². The molecule has 3 rings (SSSR count). The predicted molar refractivity (Wildman–Crippen MR) is 89.5 cm³/mol. The van der Waals surface area contributed by atoms with E-state index >= 15 is 0 Å². The summed E-state index contributed by atoms with van der Waals surface area (Å²) in [6.07, 6.45) is 3.46. The Balaban J connectivity index is 1.47. The van der Waals surface area contributed by atoms with E-state index in [1.165, 1.54) is 0 Å². The first-order valence-corrected chi connectivity index (χ1v) is 7.89. The Kier molecular flexibility index (Phi) is 4.92. The number of nitrogens with one attached hydrogen (secondary N) is 1. The average molecular weight is 332 g/mol. The zero-order valence-corrected chi connectivity index (χ0v) is 13.4. The van der Waals surface area contributed by atoms with E-state index in [9.17, 15) is 4.79 Å².